The summed E-state index contributed by atoms with van der Waals surface area (Å²) in [5.41, 5.74) is 8.24. The predicted molar refractivity (Wildman–Crippen MR) is 137 cm³/mol. The molecule has 4 aromatic rings. The second-order valence-corrected chi connectivity index (χ2v) is 10.8. The average Bonchev–Trinajstić information content (AvgIpc) is 3.17. The number of hydrogen-bond donors (Lipinski definition) is 2. The molecular weight excluding hydrogens is 492 g/mol. The van der Waals surface area contributed by atoms with Crippen molar-refractivity contribution in [3.8, 4) is 5.75 Å². The Labute approximate surface area is 206 Å². The van der Waals surface area contributed by atoms with Gasteiger partial charge in [-0.1, -0.05) is 29.8 Å². The van der Waals surface area contributed by atoms with Crippen LogP contribution in [0, 0.1) is 6.92 Å². The second-order valence-electron chi connectivity index (χ2n) is 7.46. The first-order valence-electron chi connectivity index (χ1n) is 10.2. The van der Waals surface area contributed by atoms with E-state index < -0.39 is 9.84 Å². The molecule has 0 aliphatic carbocycles. The first kappa shape index (κ1) is 23.8. The first-order chi connectivity index (χ1) is 16.2. The SMILES string of the molecule is COc1ccc(S(=O)(=O)c2c(Nc3ccccc3C)sc(C(=O)c3ccc(Cl)cc3)c2N)cc1. The summed E-state index contributed by atoms with van der Waals surface area (Å²) in [4.78, 5) is 13.3. The lowest BCUT2D eigenvalue weighted by Gasteiger charge is -2.11. The highest BCUT2D eigenvalue weighted by molar-refractivity contribution is 7.92. The van der Waals surface area contributed by atoms with Gasteiger partial charge in [-0.15, -0.1) is 11.3 Å². The molecule has 3 N–H and O–H groups in total. The molecule has 174 valence electrons. The molecule has 0 aliphatic rings. The minimum absolute atomic E-state index is 0.0381. The van der Waals surface area contributed by atoms with E-state index in [4.69, 9.17) is 22.1 Å². The summed E-state index contributed by atoms with van der Waals surface area (Å²) in [6.07, 6.45) is 0. The maximum atomic E-state index is 13.7. The van der Waals surface area contributed by atoms with Crippen LogP contribution in [0.3, 0.4) is 0 Å². The summed E-state index contributed by atoms with van der Waals surface area (Å²) in [6.45, 7) is 1.90. The van der Waals surface area contributed by atoms with Crippen LogP contribution in [0.5, 0.6) is 5.75 Å². The first-order valence-corrected chi connectivity index (χ1v) is 12.8. The van der Waals surface area contributed by atoms with Crippen LogP contribution in [-0.4, -0.2) is 21.3 Å². The third-order valence-corrected chi connectivity index (χ3v) is 8.60. The van der Waals surface area contributed by atoms with Crippen molar-refractivity contribution in [2.45, 2.75) is 16.7 Å². The van der Waals surface area contributed by atoms with Gasteiger partial charge in [0.1, 0.15) is 20.5 Å². The highest BCUT2D eigenvalue weighted by atomic mass is 35.5. The molecule has 0 fully saturated rings. The van der Waals surface area contributed by atoms with Gasteiger partial charge < -0.3 is 15.8 Å². The minimum Gasteiger partial charge on any atom is -0.497 e. The third kappa shape index (κ3) is 4.52. The second kappa shape index (κ2) is 9.50. The molecule has 1 heterocycles. The number of benzene rings is 3. The van der Waals surface area contributed by atoms with Gasteiger partial charge in [0.15, 0.2) is 0 Å². The molecule has 0 bridgehead atoms. The molecule has 0 spiro atoms. The summed E-state index contributed by atoms with van der Waals surface area (Å²) < 4.78 is 32.5. The summed E-state index contributed by atoms with van der Waals surface area (Å²) in [6, 6.07) is 19.8. The lowest BCUT2D eigenvalue weighted by Crippen LogP contribution is -2.08. The summed E-state index contributed by atoms with van der Waals surface area (Å²) in [7, 11) is -2.57. The standard InChI is InChI=1S/C25H21ClN2O4S2/c1-15-5-3-4-6-20(15)28-25-24(34(30,31)19-13-11-18(32-2)12-14-19)21(27)23(33-25)22(29)16-7-9-17(26)10-8-16/h3-14,28H,27H2,1-2H3. The molecular formula is C25H21ClN2O4S2. The van der Waals surface area contributed by atoms with Crippen molar-refractivity contribution >= 4 is 54.9 Å². The van der Waals surface area contributed by atoms with Gasteiger partial charge in [0.25, 0.3) is 0 Å². The molecule has 9 heteroatoms. The minimum atomic E-state index is -4.07. The van der Waals surface area contributed by atoms with E-state index in [1.54, 1.807) is 36.4 Å². The third-order valence-electron chi connectivity index (χ3n) is 5.24. The Bertz CT molecular complexity index is 1460. The number of carbonyl (C=O) groups excluding carboxylic acids is 1. The Morgan fingerprint density at radius 1 is 1.00 bits per heavy atom. The maximum absolute atomic E-state index is 13.7. The quantitative estimate of drug-likeness (QED) is 0.290. The van der Waals surface area contributed by atoms with Gasteiger partial charge in [0.05, 0.1) is 17.7 Å². The molecule has 0 radical (unpaired) electrons. The number of para-hydroxylation sites is 1. The van der Waals surface area contributed by atoms with E-state index in [0.29, 0.717) is 22.0 Å². The number of ketones is 1. The number of sulfone groups is 1. The zero-order valence-corrected chi connectivity index (χ0v) is 20.7. The van der Waals surface area contributed by atoms with Gasteiger partial charge in [-0.3, -0.25) is 4.79 Å². The summed E-state index contributed by atoms with van der Waals surface area (Å²) >= 11 is 6.95. The molecule has 6 nitrogen and oxygen atoms in total. The van der Waals surface area contributed by atoms with Crippen molar-refractivity contribution in [2.24, 2.45) is 0 Å². The van der Waals surface area contributed by atoms with Gasteiger partial charge >= 0.3 is 0 Å². The number of methoxy groups -OCH3 is 1. The predicted octanol–water partition coefficient (Wildman–Crippen LogP) is 6.11. The molecule has 0 saturated heterocycles. The molecule has 0 unspecified atom stereocenters. The number of anilines is 3. The Kier molecular flexibility index (Phi) is 6.65. The Morgan fingerprint density at radius 2 is 1.65 bits per heavy atom. The van der Waals surface area contributed by atoms with E-state index >= 15 is 0 Å². The van der Waals surface area contributed by atoms with Gasteiger partial charge in [0, 0.05) is 16.3 Å². The van der Waals surface area contributed by atoms with Crippen LogP contribution in [0.15, 0.2) is 82.6 Å². The molecule has 0 atom stereocenters. The van der Waals surface area contributed by atoms with Crippen LogP contribution in [0.1, 0.15) is 20.8 Å². The fourth-order valence-corrected chi connectivity index (χ4v) is 6.44. The Morgan fingerprint density at radius 3 is 2.26 bits per heavy atom. The number of halogens is 1. The topological polar surface area (TPSA) is 98.5 Å². The van der Waals surface area contributed by atoms with Crippen LogP contribution in [0.4, 0.5) is 16.4 Å². The summed E-state index contributed by atoms with van der Waals surface area (Å²) in [5, 5.41) is 3.93. The number of ether oxygens (including phenoxy) is 1. The van der Waals surface area contributed by atoms with E-state index in [1.807, 2.05) is 31.2 Å². The fraction of sp³-hybridized carbons (Fsp3) is 0.0800. The lowest BCUT2D eigenvalue weighted by molar-refractivity contribution is 0.104. The van der Waals surface area contributed by atoms with Crippen LogP contribution in [-0.2, 0) is 9.84 Å². The van der Waals surface area contributed by atoms with Gasteiger partial charge in [-0.2, -0.15) is 0 Å². The number of nitrogen functional groups attached to an aromatic ring is 1. The molecule has 1 aromatic heterocycles. The lowest BCUT2D eigenvalue weighted by atomic mass is 10.1. The van der Waals surface area contributed by atoms with E-state index in [9.17, 15) is 13.2 Å². The number of nitrogens with two attached hydrogens (primary N) is 1. The molecule has 3 aromatic carbocycles. The molecule has 0 saturated carbocycles. The Hall–Kier alpha value is -3.33. The van der Waals surface area contributed by atoms with Crippen molar-refractivity contribution in [1.82, 2.24) is 0 Å². The van der Waals surface area contributed by atoms with E-state index in [1.165, 1.54) is 19.2 Å². The molecule has 0 amide bonds. The van der Waals surface area contributed by atoms with Crippen LogP contribution in [0.25, 0.3) is 0 Å². The molecule has 4 rings (SSSR count). The summed E-state index contributed by atoms with van der Waals surface area (Å²) in [5.74, 6) is 0.136. The molecule has 34 heavy (non-hydrogen) atoms. The molecule has 0 aliphatic heterocycles. The average molecular weight is 513 g/mol. The van der Waals surface area contributed by atoms with Crippen molar-refractivity contribution < 1.29 is 17.9 Å². The highest BCUT2D eigenvalue weighted by Crippen LogP contribution is 2.44. The normalized spacial score (nSPS) is 11.3. The van der Waals surface area contributed by atoms with Gasteiger partial charge in [-0.25, -0.2) is 8.42 Å². The number of thiophene rings is 1. The largest absolute Gasteiger partial charge is 0.497 e. The van der Waals surface area contributed by atoms with Crippen LogP contribution in [0.2, 0.25) is 5.02 Å². The highest BCUT2D eigenvalue weighted by Gasteiger charge is 2.32. The number of aryl methyl sites for hydroxylation is 1. The number of hydrogen-bond acceptors (Lipinski definition) is 7. The van der Waals surface area contributed by atoms with Crippen molar-refractivity contribution in [3.05, 3.63) is 93.8 Å². The zero-order chi connectivity index (χ0) is 24.5. The van der Waals surface area contributed by atoms with E-state index in [2.05, 4.69) is 5.32 Å². The zero-order valence-electron chi connectivity index (χ0n) is 18.3. The fourth-order valence-electron chi connectivity index (χ4n) is 3.39. The van der Waals surface area contributed by atoms with E-state index in [0.717, 1.165) is 16.9 Å². The van der Waals surface area contributed by atoms with Crippen LogP contribution < -0.4 is 15.8 Å². The van der Waals surface area contributed by atoms with Gasteiger partial charge in [0.2, 0.25) is 15.6 Å². The van der Waals surface area contributed by atoms with Crippen molar-refractivity contribution in [2.75, 3.05) is 18.2 Å². The Balaban J connectivity index is 1.88. The maximum Gasteiger partial charge on any atom is 0.211 e. The number of carbonyl (C=O) groups is 1. The van der Waals surface area contributed by atoms with Crippen molar-refractivity contribution in [3.63, 3.8) is 0 Å². The van der Waals surface area contributed by atoms with Crippen LogP contribution >= 0.6 is 22.9 Å². The number of nitrogens with one attached hydrogen (secondary N) is 1. The smallest absolute Gasteiger partial charge is 0.211 e. The number of rotatable bonds is 7. The van der Waals surface area contributed by atoms with Crippen molar-refractivity contribution in [1.29, 1.82) is 0 Å². The van der Waals surface area contributed by atoms with E-state index in [-0.39, 0.29) is 31.1 Å². The van der Waals surface area contributed by atoms with Gasteiger partial charge in [-0.05, 0) is 67.1 Å². The monoisotopic (exact) mass is 512 g/mol.